The van der Waals surface area contributed by atoms with Crippen LogP contribution in [-0.4, -0.2) is 11.9 Å². The number of rotatable bonds is 6. The van der Waals surface area contributed by atoms with E-state index in [2.05, 4.69) is 0 Å². The van der Waals surface area contributed by atoms with E-state index in [1.165, 1.54) is 4.70 Å². The first kappa shape index (κ1) is 16.2. The quantitative estimate of drug-likeness (QED) is 0.697. The van der Waals surface area contributed by atoms with Gasteiger partial charge in [-0.2, -0.15) is 0 Å². The maximum atomic E-state index is 12.0. The number of carbonyl (C=O) groups is 2. The summed E-state index contributed by atoms with van der Waals surface area (Å²) >= 11 is 1.64. The minimum absolute atomic E-state index is 0.215. The highest BCUT2D eigenvalue weighted by Gasteiger charge is 2.11. The molecule has 0 aliphatic heterocycles. The topological polar surface area (TPSA) is 69.4 Å². The maximum absolute atomic E-state index is 12.0. The normalized spacial score (nSPS) is 10.7. The Morgan fingerprint density at radius 2 is 1.75 bits per heavy atom. The molecule has 4 nitrogen and oxygen atoms in total. The summed E-state index contributed by atoms with van der Waals surface area (Å²) in [6.07, 6.45) is 0.648. The number of hydrogen-bond acceptors (Lipinski definition) is 4. The van der Waals surface area contributed by atoms with E-state index in [9.17, 15) is 9.59 Å². The number of benzene rings is 2. The number of primary amides is 1. The van der Waals surface area contributed by atoms with Crippen LogP contribution in [0.4, 0.5) is 0 Å². The molecule has 0 saturated heterocycles. The minimum atomic E-state index is -0.483. The van der Waals surface area contributed by atoms with Crippen LogP contribution in [-0.2, 0) is 22.6 Å². The first-order valence-corrected chi connectivity index (χ1v) is 8.51. The fourth-order valence-corrected chi connectivity index (χ4v) is 3.54. The van der Waals surface area contributed by atoms with E-state index in [-0.39, 0.29) is 19.0 Å². The molecule has 0 aliphatic rings. The Bertz CT molecular complexity index is 885. The average molecular weight is 339 g/mol. The fraction of sp³-hybridized carbons (Fsp3) is 0.158. The summed E-state index contributed by atoms with van der Waals surface area (Å²) in [7, 11) is 0. The standard InChI is InChI=1S/C19H17NO3S/c20-19(22)16-7-2-1-5-13(16)9-10-18(21)23-11-14-12-24-17-8-4-3-6-15(14)17/h1-8,12H,9-11H2,(H2,20,22). The van der Waals surface area contributed by atoms with Crippen molar-refractivity contribution in [2.75, 3.05) is 0 Å². The highest BCUT2D eigenvalue weighted by molar-refractivity contribution is 7.17. The van der Waals surface area contributed by atoms with Crippen molar-refractivity contribution in [2.24, 2.45) is 5.73 Å². The smallest absolute Gasteiger partial charge is 0.306 e. The SMILES string of the molecule is NC(=O)c1ccccc1CCC(=O)OCc1csc2ccccc12. The molecule has 122 valence electrons. The molecule has 1 amide bonds. The number of carbonyl (C=O) groups excluding carboxylic acids is 2. The molecule has 0 bridgehead atoms. The second-order valence-corrected chi connectivity index (χ2v) is 6.35. The van der Waals surface area contributed by atoms with Crippen LogP contribution in [0.2, 0.25) is 0 Å². The molecule has 3 aromatic rings. The molecule has 0 fully saturated rings. The molecule has 1 aromatic heterocycles. The van der Waals surface area contributed by atoms with Crippen molar-refractivity contribution >= 4 is 33.3 Å². The summed E-state index contributed by atoms with van der Waals surface area (Å²) in [6.45, 7) is 0.264. The van der Waals surface area contributed by atoms with Gasteiger partial charge in [-0.3, -0.25) is 9.59 Å². The molecule has 0 unspecified atom stereocenters. The monoisotopic (exact) mass is 339 g/mol. The van der Waals surface area contributed by atoms with Gasteiger partial charge in [0.1, 0.15) is 6.61 Å². The van der Waals surface area contributed by atoms with Crippen LogP contribution >= 0.6 is 11.3 Å². The highest BCUT2D eigenvalue weighted by atomic mass is 32.1. The van der Waals surface area contributed by atoms with E-state index in [0.29, 0.717) is 12.0 Å². The Morgan fingerprint density at radius 1 is 1.00 bits per heavy atom. The number of aryl methyl sites for hydroxylation is 1. The van der Waals surface area contributed by atoms with Gasteiger partial charge >= 0.3 is 5.97 Å². The molecule has 0 radical (unpaired) electrons. The molecule has 0 spiro atoms. The summed E-state index contributed by atoms with van der Waals surface area (Å²) in [5.41, 5.74) is 7.58. The number of ether oxygens (including phenoxy) is 1. The number of nitrogens with two attached hydrogens (primary N) is 1. The van der Waals surface area contributed by atoms with Gasteiger partial charge < -0.3 is 10.5 Å². The number of hydrogen-bond donors (Lipinski definition) is 1. The van der Waals surface area contributed by atoms with Gasteiger partial charge in [-0.05, 0) is 34.9 Å². The second kappa shape index (κ2) is 7.27. The molecule has 3 rings (SSSR count). The van der Waals surface area contributed by atoms with Gasteiger partial charge in [-0.25, -0.2) is 0 Å². The number of amides is 1. The molecular weight excluding hydrogens is 322 g/mol. The second-order valence-electron chi connectivity index (χ2n) is 5.44. The molecule has 2 aromatic carbocycles. The van der Waals surface area contributed by atoms with Crippen molar-refractivity contribution in [3.05, 3.63) is 70.6 Å². The van der Waals surface area contributed by atoms with Crippen LogP contribution in [0.15, 0.2) is 53.9 Å². The van der Waals surface area contributed by atoms with Gasteiger partial charge in [-0.15, -0.1) is 11.3 Å². The van der Waals surface area contributed by atoms with Crippen molar-refractivity contribution in [1.29, 1.82) is 0 Å². The molecule has 1 heterocycles. The molecule has 2 N–H and O–H groups in total. The van der Waals surface area contributed by atoms with Gasteiger partial charge in [0.15, 0.2) is 0 Å². The Balaban J connectivity index is 1.58. The predicted molar refractivity (Wildman–Crippen MR) is 94.9 cm³/mol. The summed E-state index contributed by atoms with van der Waals surface area (Å²) in [4.78, 5) is 23.4. The van der Waals surface area contributed by atoms with E-state index in [1.807, 2.05) is 35.7 Å². The van der Waals surface area contributed by atoms with Crippen molar-refractivity contribution in [3.63, 3.8) is 0 Å². The minimum Gasteiger partial charge on any atom is -0.461 e. The first-order chi connectivity index (χ1) is 11.6. The zero-order chi connectivity index (χ0) is 16.9. The fourth-order valence-electron chi connectivity index (χ4n) is 2.59. The lowest BCUT2D eigenvalue weighted by molar-refractivity contribution is -0.144. The number of esters is 1. The maximum Gasteiger partial charge on any atom is 0.306 e. The van der Waals surface area contributed by atoms with Crippen LogP contribution in [0.25, 0.3) is 10.1 Å². The number of thiophene rings is 1. The molecule has 24 heavy (non-hydrogen) atoms. The van der Waals surface area contributed by atoms with Crippen LogP contribution in [0.5, 0.6) is 0 Å². The predicted octanol–water partition coefficient (Wildman–Crippen LogP) is 3.68. The summed E-state index contributed by atoms with van der Waals surface area (Å²) < 4.78 is 6.55. The Hall–Kier alpha value is -2.66. The first-order valence-electron chi connectivity index (χ1n) is 7.63. The third-order valence-electron chi connectivity index (χ3n) is 3.83. The van der Waals surface area contributed by atoms with Gasteiger partial charge in [-0.1, -0.05) is 36.4 Å². The summed E-state index contributed by atoms with van der Waals surface area (Å²) in [5, 5.41) is 3.13. The largest absolute Gasteiger partial charge is 0.461 e. The van der Waals surface area contributed by atoms with E-state index in [0.717, 1.165) is 16.5 Å². The third-order valence-corrected chi connectivity index (χ3v) is 4.84. The van der Waals surface area contributed by atoms with Gasteiger partial charge in [0.05, 0.1) is 0 Å². The average Bonchev–Trinajstić information content (AvgIpc) is 3.01. The highest BCUT2D eigenvalue weighted by Crippen LogP contribution is 2.26. The molecule has 0 aliphatic carbocycles. The molecule has 0 saturated carbocycles. The number of fused-ring (bicyclic) bond motifs is 1. The lowest BCUT2D eigenvalue weighted by atomic mass is 10.0. The van der Waals surface area contributed by atoms with E-state index < -0.39 is 5.91 Å². The lowest BCUT2D eigenvalue weighted by Crippen LogP contribution is -2.14. The summed E-state index contributed by atoms with van der Waals surface area (Å²) in [6, 6.07) is 15.1. The Kier molecular flexibility index (Phi) is 4.91. The van der Waals surface area contributed by atoms with Gasteiger partial charge in [0.25, 0.3) is 0 Å². The molecule has 0 atom stereocenters. The van der Waals surface area contributed by atoms with Gasteiger partial charge in [0.2, 0.25) is 5.91 Å². The van der Waals surface area contributed by atoms with Crippen LogP contribution in [0, 0.1) is 0 Å². The van der Waals surface area contributed by atoms with Crippen molar-refractivity contribution < 1.29 is 14.3 Å². The summed E-state index contributed by atoms with van der Waals surface area (Å²) in [5.74, 6) is -0.770. The zero-order valence-electron chi connectivity index (χ0n) is 13.0. The lowest BCUT2D eigenvalue weighted by Gasteiger charge is -2.07. The van der Waals surface area contributed by atoms with Crippen LogP contribution < -0.4 is 5.73 Å². The Labute approximate surface area is 143 Å². The zero-order valence-corrected chi connectivity index (χ0v) is 13.8. The van der Waals surface area contributed by atoms with Gasteiger partial charge in [0, 0.05) is 22.2 Å². The molecular formula is C19H17NO3S. The van der Waals surface area contributed by atoms with E-state index in [4.69, 9.17) is 10.5 Å². The molecule has 5 heteroatoms. The van der Waals surface area contributed by atoms with E-state index in [1.54, 1.807) is 29.5 Å². The van der Waals surface area contributed by atoms with Crippen LogP contribution in [0.3, 0.4) is 0 Å². The Morgan fingerprint density at radius 3 is 2.58 bits per heavy atom. The van der Waals surface area contributed by atoms with Crippen molar-refractivity contribution in [2.45, 2.75) is 19.4 Å². The van der Waals surface area contributed by atoms with Crippen molar-refractivity contribution in [1.82, 2.24) is 0 Å². The third kappa shape index (κ3) is 3.63. The van der Waals surface area contributed by atoms with Crippen molar-refractivity contribution in [3.8, 4) is 0 Å². The van der Waals surface area contributed by atoms with Crippen LogP contribution in [0.1, 0.15) is 27.9 Å². The van der Waals surface area contributed by atoms with E-state index >= 15 is 0 Å².